The molecule has 1 rings (SSSR count). The summed E-state index contributed by atoms with van der Waals surface area (Å²) in [5.41, 5.74) is 5.16. The van der Waals surface area contributed by atoms with Gasteiger partial charge in [0.15, 0.2) is 0 Å². The predicted octanol–water partition coefficient (Wildman–Crippen LogP) is 0.496. The minimum Gasteiger partial charge on any atom is -0.467 e. The van der Waals surface area contributed by atoms with Gasteiger partial charge in [0, 0.05) is 12.6 Å². The molecule has 0 aromatic rings. The number of carbonyl (C=O) groups excluding carboxylic acids is 2. The maximum absolute atomic E-state index is 11.9. The quantitative estimate of drug-likeness (QED) is 0.679. The van der Waals surface area contributed by atoms with Crippen LogP contribution >= 0.6 is 0 Å². The van der Waals surface area contributed by atoms with Crippen LogP contribution in [0.5, 0.6) is 0 Å². The van der Waals surface area contributed by atoms with E-state index in [0.29, 0.717) is 13.0 Å². The number of likely N-dealkylation sites (tertiary alicyclic amines) is 1. The minimum absolute atomic E-state index is 0.216. The van der Waals surface area contributed by atoms with E-state index in [-0.39, 0.29) is 6.04 Å². The molecule has 0 aliphatic carbocycles. The van der Waals surface area contributed by atoms with Gasteiger partial charge in [-0.1, -0.05) is 0 Å². The molecular weight excluding hydrogens is 224 g/mol. The Morgan fingerprint density at radius 1 is 1.35 bits per heavy atom. The Bertz CT molecular complexity index is 311. The molecular formula is C11H20N2O4. The molecule has 1 heterocycles. The Morgan fingerprint density at radius 2 is 1.94 bits per heavy atom. The van der Waals surface area contributed by atoms with Gasteiger partial charge in [-0.3, -0.25) is 4.90 Å². The molecule has 0 aromatic carbocycles. The van der Waals surface area contributed by atoms with E-state index in [4.69, 9.17) is 10.5 Å². The Morgan fingerprint density at radius 3 is 2.41 bits per heavy atom. The van der Waals surface area contributed by atoms with Crippen molar-refractivity contribution < 1.29 is 19.1 Å². The first kappa shape index (κ1) is 13.8. The molecule has 0 spiro atoms. The molecule has 0 bridgehead atoms. The van der Waals surface area contributed by atoms with Crippen LogP contribution in [-0.2, 0) is 14.3 Å². The number of esters is 1. The molecule has 6 heteroatoms. The number of rotatable bonds is 1. The van der Waals surface area contributed by atoms with Crippen molar-refractivity contribution in [2.75, 3.05) is 13.7 Å². The van der Waals surface area contributed by atoms with Crippen LogP contribution in [0.1, 0.15) is 27.2 Å². The van der Waals surface area contributed by atoms with E-state index >= 15 is 0 Å². The summed E-state index contributed by atoms with van der Waals surface area (Å²) in [4.78, 5) is 24.7. The molecule has 2 N–H and O–H groups in total. The van der Waals surface area contributed by atoms with Crippen LogP contribution in [0.25, 0.3) is 0 Å². The van der Waals surface area contributed by atoms with Gasteiger partial charge in [-0.05, 0) is 27.2 Å². The van der Waals surface area contributed by atoms with E-state index < -0.39 is 23.7 Å². The Balaban J connectivity index is 2.73. The molecule has 1 aliphatic rings. The van der Waals surface area contributed by atoms with Gasteiger partial charge in [-0.15, -0.1) is 0 Å². The summed E-state index contributed by atoms with van der Waals surface area (Å²) in [6.45, 7) is 5.63. The third-order valence-corrected chi connectivity index (χ3v) is 2.43. The van der Waals surface area contributed by atoms with Gasteiger partial charge < -0.3 is 15.2 Å². The fourth-order valence-corrected chi connectivity index (χ4v) is 1.75. The summed E-state index contributed by atoms with van der Waals surface area (Å²) in [7, 11) is 1.29. The average molecular weight is 244 g/mol. The number of ether oxygens (including phenoxy) is 2. The van der Waals surface area contributed by atoms with Gasteiger partial charge in [-0.2, -0.15) is 0 Å². The molecule has 0 radical (unpaired) electrons. The molecule has 1 aliphatic heterocycles. The van der Waals surface area contributed by atoms with Crippen LogP contribution in [0, 0.1) is 0 Å². The molecule has 6 nitrogen and oxygen atoms in total. The zero-order valence-corrected chi connectivity index (χ0v) is 10.7. The van der Waals surface area contributed by atoms with Crippen molar-refractivity contribution in [1.29, 1.82) is 0 Å². The summed E-state index contributed by atoms with van der Waals surface area (Å²) in [5, 5.41) is 0. The lowest BCUT2D eigenvalue weighted by Gasteiger charge is -2.27. The zero-order chi connectivity index (χ0) is 13.2. The lowest BCUT2D eigenvalue weighted by Crippen LogP contribution is -2.44. The molecule has 1 unspecified atom stereocenters. The van der Waals surface area contributed by atoms with Crippen LogP contribution in [-0.4, -0.2) is 48.3 Å². The highest BCUT2D eigenvalue weighted by Crippen LogP contribution is 2.21. The molecule has 1 saturated heterocycles. The van der Waals surface area contributed by atoms with E-state index in [1.165, 1.54) is 12.0 Å². The predicted molar refractivity (Wildman–Crippen MR) is 61.3 cm³/mol. The highest BCUT2D eigenvalue weighted by Gasteiger charge is 2.40. The molecule has 17 heavy (non-hydrogen) atoms. The molecule has 2 atom stereocenters. The Kier molecular flexibility index (Phi) is 3.98. The first-order valence-electron chi connectivity index (χ1n) is 5.57. The number of hydrogen-bond donors (Lipinski definition) is 1. The number of carbonyl (C=O) groups is 2. The summed E-state index contributed by atoms with van der Waals surface area (Å²) in [6, 6.07) is -0.850. The van der Waals surface area contributed by atoms with E-state index in [0.717, 1.165) is 0 Å². The van der Waals surface area contributed by atoms with Crippen LogP contribution in [0.4, 0.5) is 4.79 Å². The summed E-state index contributed by atoms with van der Waals surface area (Å²) in [5.74, 6) is -0.455. The third-order valence-electron chi connectivity index (χ3n) is 2.43. The van der Waals surface area contributed by atoms with Crippen molar-refractivity contribution in [3.8, 4) is 0 Å². The van der Waals surface area contributed by atoms with Crippen molar-refractivity contribution >= 4 is 12.1 Å². The normalized spacial score (nSPS) is 24.6. The molecule has 0 saturated carbocycles. The van der Waals surface area contributed by atoms with E-state index in [2.05, 4.69) is 4.74 Å². The van der Waals surface area contributed by atoms with E-state index in [1.807, 2.05) is 0 Å². The summed E-state index contributed by atoms with van der Waals surface area (Å²) < 4.78 is 9.87. The molecule has 1 fully saturated rings. The second-order valence-corrected chi connectivity index (χ2v) is 5.17. The second-order valence-electron chi connectivity index (χ2n) is 5.17. The van der Waals surface area contributed by atoms with Crippen molar-refractivity contribution in [2.45, 2.75) is 44.9 Å². The van der Waals surface area contributed by atoms with Crippen LogP contribution < -0.4 is 5.73 Å². The largest absolute Gasteiger partial charge is 0.467 e. The van der Waals surface area contributed by atoms with Crippen molar-refractivity contribution in [3.63, 3.8) is 0 Å². The topological polar surface area (TPSA) is 81.9 Å². The van der Waals surface area contributed by atoms with Crippen molar-refractivity contribution in [1.82, 2.24) is 4.90 Å². The van der Waals surface area contributed by atoms with Crippen molar-refractivity contribution in [2.24, 2.45) is 5.73 Å². The lowest BCUT2D eigenvalue weighted by atomic mass is 10.2. The third kappa shape index (κ3) is 3.59. The van der Waals surface area contributed by atoms with Crippen LogP contribution in [0.2, 0.25) is 0 Å². The Labute approximate surface area is 101 Å². The zero-order valence-electron chi connectivity index (χ0n) is 10.7. The van der Waals surface area contributed by atoms with Gasteiger partial charge in [-0.25, -0.2) is 9.59 Å². The smallest absolute Gasteiger partial charge is 0.411 e. The first-order chi connectivity index (χ1) is 7.74. The maximum Gasteiger partial charge on any atom is 0.411 e. The van der Waals surface area contributed by atoms with E-state index in [9.17, 15) is 9.59 Å². The standard InChI is InChI=1S/C11H20N2O4/c1-11(2,3)17-10(15)13-6-7(12)5-8(13)9(14)16-4/h7-8H,5-6,12H2,1-4H3/t7?,8-/m0/s1. The SMILES string of the molecule is COC(=O)[C@@H]1CC(N)CN1C(=O)OC(C)(C)C. The molecule has 98 valence electrons. The molecule has 0 aromatic heterocycles. The number of nitrogens with zero attached hydrogens (tertiary/aromatic N) is 1. The fraction of sp³-hybridized carbons (Fsp3) is 0.818. The van der Waals surface area contributed by atoms with Gasteiger partial charge in [0.1, 0.15) is 11.6 Å². The van der Waals surface area contributed by atoms with Crippen LogP contribution in [0.15, 0.2) is 0 Å². The van der Waals surface area contributed by atoms with Crippen molar-refractivity contribution in [3.05, 3.63) is 0 Å². The number of nitrogens with two attached hydrogens (primary N) is 1. The van der Waals surface area contributed by atoms with Gasteiger partial charge in [0.25, 0.3) is 0 Å². The van der Waals surface area contributed by atoms with Crippen LogP contribution in [0.3, 0.4) is 0 Å². The lowest BCUT2D eigenvalue weighted by molar-refractivity contribution is -0.145. The highest BCUT2D eigenvalue weighted by molar-refractivity contribution is 5.82. The van der Waals surface area contributed by atoms with Gasteiger partial charge >= 0.3 is 12.1 Å². The first-order valence-corrected chi connectivity index (χ1v) is 5.57. The highest BCUT2D eigenvalue weighted by atomic mass is 16.6. The average Bonchev–Trinajstić information content (AvgIpc) is 2.56. The van der Waals surface area contributed by atoms with Gasteiger partial charge in [0.2, 0.25) is 0 Å². The fourth-order valence-electron chi connectivity index (χ4n) is 1.75. The molecule has 1 amide bonds. The number of amides is 1. The van der Waals surface area contributed by atoms with Gasteiger partial charge in [0.05, 0.1) is 7.11 Å². The number of hydrogen-bond acceptors (Lipinski definition) is 5. The Hall–Kier alpha value is -1.30. The monoisotopic (exact) mass is 244 g/mol. The maximum atomic E-state index is 11.9. The summed E-state index contributed by atoms with van der Waals surface area (Å²) in [6.07, 6.45) is -0.118. The minimum atomic E-state index is -0.634. The number of methoxy groups -OCH3 is 1. The summed E-state index contributed by atoms with van der Waals surface area (Å²) >= 11 is 0. The second kappa shape index (κ2) is 4.91. The van der Waals surface area contributed by atoms with E-state index in [1.54, 1.807) is 20.8 Å².